The van der Waals surface area contributed by atoms with Crippen LogP contribution in [0.5, 0.6) is 0 Å². The Hall–Kier alpha value is -0.760. The lowest BCUT2D eigenvalue weighted by Crippen LogP contribution is -2.37. The highest BCUT2D eigenvalue weighted by Gasteiger charge is 2.15. The molecular weight excluding hydrogens is 644 g/mol. The van der Waals surface area contributed by atoms with Gasteiger partial charge in [-0.05, 0) is 0 Å². The van der Waals surface area contributed by atoms with Crippen LogP contribution in [-0.4, -0.2) is 191 Å². The van der Waals surface area contributed by atoms with Crippen LogP contribution < -0.4 is 0 Å². The summed E-state index contributed by atoms with van der Waals surface area (Å²) in [6, 6.07) is 0. The van der Waals surface area contributed by atoms with Crippen molar-refractivity contribution in [3.05, 3.63) is 0 Å². The molecule has 46 heavy (non-hydrogen) atoms. The lowest BCUT2D eigenvalue weighted by Gasteiger charge is -2.23. The van der Waals surface area contributed by atoms with Crippen LogP contribution in [0.25, 0.3) is 0 Å². The molecule has 2 fully saturated rings. The number of hydrogen-bond acceptors (Lipinski definition) is 14. The number of amides is 2. The summed E-state index contributed by atoms with van der Waals surface area (Å²) in [5, 5.41) is 0. The van der Waals surface area contributed by atoms with E-state index in [4.69, 9.17) is 47.4 Å². The minimum atomic E-state index is 0.0582. The molecule has 14 nitrogen and oxygen atoms in total. The van der Waals surface area contributed by atoms with Crippen molar-refractivity contribution in [2.75, 3.05) is 170 Å². The standard InChI is InChI=1S/C30H56N2O12S2/c33-29(31-3-7-35-11-15-39-19-23-43-24-20-40-16-12-36-8-4-31)1-27-45-46-28-2-30(34)32-5-9-37-13-17-41-21-25-44-26-22-42-18-14-38-10-6-32/h1-28H2. The zero-order chi connectivity index (χ0) is 32.6. The SMILES string of the molecule is O=C(CCSSCCC(=O)N1CCOCCOCCOCCOCCOCC1)N1CCOCCOCCOCCOCCOCC1. The molecule has 0 aromatic heterocycles. The predicted octanol–water partition coefficient (Wildman–Crippen LogP) is 0.998. The maximum absolute atomic E-state index is 13.0. The molecule has 0 spiro atoms. The highest BCUT2D eigenvalue weighted by molar-refractivity contribution is 8.76. The van der Waals surface area contributed by atoms with Gasteiger partial charge in [-0.25, -0.2) is 0 Å². The van der Waals surface area contributed by atoms with Crippen LogP contribution in [0.2, 0.25) is 0 Å². The molecule has 0 N–H and O–H groups in total. The van der Waals surface area contributed by atoms with Crippen LogP contribution in [0.15, 0.2) is 0 Å². The number of hydrogen-bond donors (Lipinski definition) is 0. The van der Waals surface area contributed by atoms with Gasteiger partial charge in [0.2, 0.25) is 11.8 Å². The summed E-state index contributed by atoms with van der Waals surface area (Å²) in [5.41, 5.74) is 0. The Kier molecular flexibility index (Phi) is 28.4. The van der Waals surface area contributed by atoms with Crippen LogP contribution in [0.1, 0.15) is 12.8 Å². The summed E-state index contributed by atoms with van der Waals surface area (Å²) in [7, 11) is 3.21. The lowest BCUT2D eigenvalue weighted by molar-refractivity contribution is -0.133. The summed E-state index contributed by atoms with van der Waals surface area (Å²) < 4.78 is 55.5. The van der Waals surface area contributed by atoms with E-state index in [2.05, 4.69) is 0 Å². The van der Waals surface area contributed by atoms with E-state index >= 15 is 0 Å². The van der Waals surface area contributed by atoms with Gasteiger partial charge in [-0.2, -0.15) is 0 Å². The molecule has 2 aliphatic heterocycles. The van der Waals surface area contributed by atoms with E-state index in [-0.39, 0.29) is 11.8 Å². The Morgan fingerprint density at radius 2 is 0.543 bits per heavy atom. The summed E-state index contributed by atoms with van der Waals surface area (Å²) in [6.45, 7) is 11.6. The van der Waals surface area contributed by atoms with Crippen molar-refractivity contribution in [2.24, 2.45) is 0 Å². The van der Waals surface area contributed by atoms with Crippen LogP contribution in [-0.2, 0) is 57.0 Å². The van der Waals surface area contributed by atoms with Gasteiger partial charge in [0, 0.05) is 50.5 Å². The second kappa shape index (κ2) is 31.5. The van der Waals surface area contributed by atoms with E-state index in [1.54, 1.807) is 31.4 Å². The molecule has 0 saturated carbocycles. The number of ether oxygens (including phenoxy) is 10. The third kappa shape index (κ3) is 24.4. The van der Waals surface area contributed by atoms with Crippen LogP contribution >= 0.6 is 21.6 Å². The molecule has 2 heterocycles. The molecular formula is C30H56N2O12S2. The fourth-order valence-electron chi connectivity index (χ4n) is 4.08. The number of carbonyl (C=O) groups excluding carboxylic acids is 2. The first-order chi connectivity index (χ1) is 22.8. The molecule has 0 aliphatic carbocycles. The molecule has 0 bridgehead atoms. The van der Waals surface area contributed by atoms with Crippen molar-refractivity contribution >= 4 is 33.4 Å². The third-order valence-electron chi connectivity index (χ3n) is 6.59. The van der Waals surface area contributed by atoms with Crippen LogP contribution in [0.4, 0.5) is 0 Å². The maximum Gasteiger partial charge on any atom is 0.223 e. The number of carbonyl (C=O) groups is 2. The minimum absolute atomic E-state index is 0.0582. The van der Waals surface area contributed by atoms with E-state index < -0.39 is 0 Å². The fraction of sp³-hybridized carbons (Fsp3) is 0.933. The first-order valence-electron chi connectivity index (χ1n) is 16.3. The average molecular weight is 701 g/mol. The Bertz CT molecular complexity index is 637. The summed E-state index contributed by atoms with van der Waals surface area (Å²) in [5.74, 6) is 1.42. The fourth-order valence-corrected chi connectivity index (χ4v) is 6.04. The molecule has 2 saturated heterocycles. The van der Waals surface area contributed by atoms with Crippen molar-refractivity contribution in [1.29, 1.82) is 0 Å². The van der Waals surface area contributed by atoms with Gasteiger partial charge in [0.05, 0.1) is 132 Å². The van der Waals surface area contributed by atoms with Crippen molar-refractivity contribution in [1.82, 2.24) is 9.80 Å². The van der Waals surface area contributed by atoms with Crippen LogP contribution in [0.3, 0.4) is 0 Å². The second-order valence-corrected chi connectivity index (χ2v) is 12.7. The van der Waals surface area contributed by atoms with Gasteiger partial charge in [0.1, 0.15) is 0 Å². The van der Waals surface area contributed by atoms with E-state index in [1.807, 2.05) is 0 Å². The Morgan fingerprint density at radius 1 is 0.348 bits per heavy atom. The Balaban J connectivity index is 1.64. The van der Waals surface area contributed by atoms with Crippen molar-refractivity contribution in [3.8, 4) is 0 Å². The van der Waals surface area contributed by atoms with Gasteiger partial charge in [-0.15, -0.1) is 0 Å². The average Bonchev–Trinajstić information content (AvgIpc) is 3.06. The molecule has 2 aliphatic rings. The summed E-state index contributed by atoms with van der Waals surface area (Å²) in [6.07, 6.45) is 0.804. The smallest absolute Gasteiger partial charge is 0.223 e. The van der Waals surface area contributed by atoms with E-state index in [0.29, 0.717) is 183 Å². The molecule has 0 aromatic rings. The van der Waals surface area contributed by atoms with E-state index in [1.165, 1.54) is 0 Å². The van der Waals surface area contributed by atoms with Gasteiger partial charge in [-0.1, -0.05) is 21.6 Å². The highest BCUT2D eigenvalue weighted by Crippen LogP contribution is 2.23. The first kappa shape index (κ1) is 41.4. The minimum Gasteiger partial charge on any atom is -0.377 e. The molecule has 270 valence electrons. The first-order valence-corrected chi connectivity index (χ1v) is 18.8. The normalized spacial score (nSPS) is 21.7. The molecule has 0 unspecified atom stereocenters. The quantitative estimate of drug-likeness (QED) is 0.276. The molecule has 0 aromatic carbocycles. The maximum atomic E-state index is 13.0. The molecule has 16 heteroatoms. The van der Waals surface area contributed by atoms with Gasteiger partial charge in [-0.3, -0.25) is 9.59 Å². The van der Waals surface area contributed by atoms with Gasteiger partial charge in [0.15, 0.2) is 0 Å². The van der Waals surface area contributed by atoms with Crippen LogP contribution in [0, 0.1) is 0 Å². The molecule has 0 atom stereocenters. The Morgan fingerprint density at radius 3 is 0.761 bits per heavy atom. The van der Waals surface area contributed by atoms with E-state index in [0.717, 1.165) is 0 Å². The number of nitrogens with zero attached hydrogens (tertiary/aromatic N) is 2. The highest BCUT2D eigenvalue weighted by atomic mass is 33.1. The van der Waals surface area contributed by atoms with Crippen molar-refractivity contribution in [3.63, 3.8) is 0 Å². The Labute approximate surface area is 282 Å². The molecule has 2 rings (SSSR count). The largest absolute Gasteiger partial charge is 0.377 e. The van der Waals surface area contributed by atoms with E-state index in [9.17, 15) is 9.59 Å². The molecule has 2 amide bonds. The number of rotatable bonds is 7. The summed E-state index contributed by atoms with van der Waals surface area (Å²) in [4.78, 5) is 29.5. The third-order valence-corrected chi connectivity index (χ3v) is 8.99. The molecule has 0 radical (unpaired) electrons. The summed E-state index contributed by atoms with van der Waals surface area (Å²) >= 11 is 0. The predicted molar refractivity (Wildman–Crippen MR) is 175 cm³/mol. The zero-order valence-electron chi connectivity index (χ0n) is 27.4. The van der Waals surface area contributed by atoms with Gasteiger partial charge >= 0.3 is 0 Å². The zero-order valence-corrected chi connectivity index (χ0v) is 29.0. The topological polar surface area (TPSA) is 133 Å². The lowest BCUT2D eigenvalue weighted by atomic mass is 10.3. The van der Waals surface area contributed by atoms with Crippen molar-refractivity contribution < 1.29 is 57.0 Å². The second-order valence-electron chi connectivity index (χ2n) is 10.0. The van der Waals surface area contributed by atoms with Crippen molar-refractivity contribution in [2.45, 2.75) is 12.8 Å². The van der Waals surface area contributed by atoms with Gasteiger partial charge < -0.3 is 57.2 Å². The monoisotopic (exact) mass is 700 g/mol. The van der Waals surface area contributed by atoms with Gasteiger partial charge in [0.25, 0.3) is 0 Å².